The average molecular weight is 329 g/mol. The highest BCUT2D eigenvalue weighted by atomic mass is 16.5. The maximum Gasteiger partial charge on any atom is 0.356 e. The summed E-state index contributed by atoms with van der Waals surface area (Å²) in [6.07, 6.45) is 6.91. The zero-order valence-corrected chi connectivity index (χ0v) is 13.7. The number of carbonyl (C=O) groups excluding carboxylic acids is 2. The Kier molecular flexibility index (Phi) is 4.30. The van der Waals surface area contributed by atoms with Gasteiger partial charge in [0.05, 0.1) is 26.5 Å². The Bertz CT molecular complexity index is 834. The Morgan fingerprint density at radius 3 is 2.46 bits per heavy atom. The van der Waals surface area contributed by atoms with Crippen molar-refractivity contribution in [1.82, 2.24) is 9.38 Å². The second-order valence-corrected chi connectivity index (χ2v) is 5.92. The summed E-state index contributed by atoms with van der Waals surface area (Å²) in [6, 6.07) is 0. The molecular weight excluding hydrogens is 310 g/mol. The van der Waals surface area contributed by atoms with Crippen LogP contribution in [0.2, 0.25) is 0 Å². The van der Waals surface area contributed by atoms with Crippen LogP contribution in [0, 0.1) is 6.57 Å². The fourth-order valence-corrected chi connectivity index (χ4v) is 3.53. The van der Waals surface area contributed by atoms with Crippen LogP contribution in [0.5, 0.6) is 0 Å². The number of esters is 2. The van der Waals surface area contributed by atoms with E-state index in [9.17, 15) is 9.59 Å². The quantitative estimate of drug-likeness (QED) is 0.691. The summed E-state index contributed by atoms with van der Waals surface area (Å²) in [7, 11) is 2.60. The first-order chi connectivity index (χ1) is 11.6. The van der Waals surface area contributed by atoms with E-state index in [1.165, 1.54) is 20.6 Å². The van der Waals surface area contributed by atoms with Crippen molar-refractivity contribution in [3.63, 3.8) is 0 Å². The van der Waals surface area contributed by atoms with Gasteiger partial charge in [0.25, 0.3) is 0 Å². The van der Waals surface area contributed by atoms with Gasteiger partial charge in [-0.05, 0) is 12.8 Å². The summed E-state index contributed by atoms with van der Waals surface area (Å²) in [5.41, 5.74) is 1.91. The summed E-state index contributed by atoms with van der Waals surface area (Å²) in [4.78, 5) is 30.7. The molecule has 0 amide bonds. The van der Waals surface area contributed by atoms with Crippen molar-refractivity contribution < 1.29 is 19.1 Å². The van der Waals surface area contributed by atoms with Gasteiger partial charge in [-0.15, -0.1) is 0 Å². The molecule has 3 rings (SSSR count). The molecule has 0 saturated heterocycles. The van der Waals surface area contributed by atoms with Gasteiger partial charge in [0.1, 0.15) is 16.9 Å². The SMILES string of the molecule is [C-]#[N+]c1cn2c(C3CCCCC3)c(C(=O)OC)[nH]c2c1C(=O)OC. The standard InChI is InChI=1S/C17H19N3O4/c1-18-11-9-20-14(10-7-5-4-6-8-10)13(17(22)24-3)19-15(20)12(11)16(21)23-2/h9-10,19H,4-8H2,2-3H3. The molecule has 0 aliphatic heterocycles. The third-order valence-electron chi connectivity index (χ3n) is 4.64. The summed E-state index contributed by atoms with van der Waals surface area (Å²) < 4.78 is 11.4. The number of imidazole rings is 1. The van der Waals surface area contributed by atoms with Gasteiger partial charge in [-0.3, -0.25) is 0 Å². The molecule has 2 aromatic rings. The lowest BCUT2D eigenvalue weighted by Gasteiger charge is -2.22. The minimum Gasteiger partial charge on any atom is -0.466 e. The monoisotopic (exact) mass is 329 g/mol. The van der Waals surface area contributed by atoms with Gasteiger partial charge in [-0.25, -0.2) is 14.4 Å². The van der Waals surface area contributed by atoms with E-state index in [4.69, 9.17) is 16.0 Å². The second kappa shape index (κ2) is 6.40. The minimum absolute atomic E-state index is 0.153. The first-order valence-electron chi connectivity index (χ1n) is 7.93. The van der Waals surface area contributed by atoms with Gasteiger partial charge in [0.2, 0.25) is 5.69 Å². The lowest BCUT2D eigenvalue weighted by molar-refractivity contribution is 0.0585. The lowest BCUT2D eigenvalue weighted by atomic mass is 9.86. The van der Waals surface area contributed by atoms with Crippen molar-refractivity contribution in [3.05, 3.63) is 34.6 Å². The van der Waals surface area contributed by atoms with Crippen LogP contribution < -0.4 is 0 Å². The van der Waals surface area contributed by atoms with E-state index >= 15 is 0 Å². The van der Waals surface area contributed by atoms with Crippen molar-refractivity contribution in [3.8, 4) is 0 Å². The molecule has 0 unspecified atom stereocenters. The number of methoxy groups -OCH3 is 2. The highest BCUT2D eigenvalue weighted by Gasteiger charge is 2.30. The molecule has 2 aromatic heterocycles. The number of H-pyrrole nitrogens is 1. The van der Waals surface area contributed by atoms with Crippen LogP contribution in [0.25, 0.3) is 10.5 Å². The van der Waals surface area contributed by atoms with Crippen LogP contribution in [0.1, 0.15) is 64.6 Å². The Morgan fingerprint density at radius 1 is 1.21 bits per heavy atom. The third kappa shape index (κ3) is 2.44. The number of aromatic nitrogens is 2. The van der Waals surface area contributed by atoms with Gasteiger partial charge in [-0.2, -0.15) is 0 Å². The first kappa shape index (κ1) is 16.1. The molecule has 0 aromatic carbocycles. The van der Waals surface area contributed by atoms with Gasteiger partial charge in [0, 0.05) is 12.1 Å². The van der Waals surface area contributed by atoms with Crippen molar-refractivity contribution in [2.75, 3.05) is 14.2 Å². The number of carbonyl (C=O) groups is 2. The number of hydrogen-bond donors (Lipinski definition) is 1. The van der Waals surface area contributed by atoms with E-state index in [0.29, 0.717) is 11.3 Å². The molecule has 1 saturated carbocycles. The average Bonchev–Trinajstić information content (AvgIpc) is 3.16. The number of rotatable bonds is 3. The summed E-state index contributed by atoms with van der Waals surface area (Å²) in [6.45, 7) is 7.31. The number of nitrogens with zero attached hydrogens (tertiary/aromatic N) is 2. The molecule has 7 nitrogen and oxygen atoms in total. The highest BCUT2D eigenvalue weighted by molar-refractivity contribution is 6.04. The first-order valence-corrected chi connectivity index (χ1v) is 7.93. The van der Waals surface area contributed by atoms with Crippen LogP contribution >= 0.6 is 0 Å². The predicted molar refractivity (Wildman–Crippen MR) is 86.5 cm³/mol. The van der Waals surface area contributed by atoms with Crippen molar-refractivity contribution in [2.45, 2.75) is 38.0 Å². The molecule has 0 spiro atoms. The highest BCUT2D eigenvalue weighted by Crippen LogP contribution is 2.38. The van der Waals surface area contributed by atoms with Crippen LogP contribution in [-0.4, -0.2) is 35.5 Å². The Hall–Kier alpha value is -2.75. The molecule has 1 N–H and O–H groups in total. The zero-order chi connectivity index (χ0) is 17.3. The molecule has 24 heavy (non-hydrogen) atoms. The van der Waals surface area contributed by atoms with Gasteiger partial charge in [0.15, 0.2) is 0 Å². The second-order valence-electron chi connectivity index (χ2n) is 5.92. The van der Waals surface area contributed by atoms with E-state index in [1.54, 1.807) is 10.6 Å². The fraction of sp³-hybridized carbons (Fsp3) is 0.471. The van der Waals surface area contributed by atoms with Crippen LogP contribution in [0.15, 0.2) is 6.20 Å². The molecule has 126 valence electrons. The minimum atomic E-state index is -0.601. The van der Waals surface area contributed by atoms with E-state index in [1.807, 2.05) is 0 Å². The van der Waals surface area contributed by atoms with Gasteiger partial charge >= 0.3 is 11.9 Å². The fourth-order valence-electron chi connectivity index (χ4n) is 3.53. The van der Waals surface area contributed by atoms with Gasteiger partial charge < -0.3 is 18.9 Å². The molecule has 2 heterocycles. The largest absolute Gasteiger partial charge is 0.466 e. The molecule has 0 bridgehead atoms. The summed E-state index contributed by atoms with van der Waals surface area (Å²) in [5, 5.41) is 0. The van der Waals surface area contributed by atoms with Crippen molar-refractivity contribution >= 4 is 23.3 Å². The molecule has 1 aliphatic rings. The Labute approximate surface area is 139 Å². The number of nitrogens with one attached hydrogen (secondary N) is 1. The molecule has 1 aliphatic carbocycles. The van der Waals surface area contributed by atoms with Crippen molar-refractivity contribution in [1.29, 1.82) is 0 Å². The van der Waals surface area contributed by atoms with E-state index in [2.05, 4.69) is 9.83 Å². The Morgan fingerprint density at radius 2 is 1.88 bits per heavy atom. The normalized spacial score (nSPS) is 15.2. The predicted octanol–water partition coefficient (Wildman–Crippen LogP) is 3.44. The van der Waals surface area contributed by atoms with E-state index in [0.717, 1.165) is 31.4 Å². The molecule has 7 heteroatoms. The maximum absolute atomic E-state index is 12.2. The topological polar surface area (TPSA) is 77.2 Å². The number of ether oxygens (including phenoxy) is 2. The summed E-state index contributed by atoms with van der Waals surface area (Å²) in [5.74, 6) is -0.881. The smallest absolute Gasteiger partial charge is 0.356 e. The van der Waals surface area contributed by atoms with Crippen LogP contribution in [-0.2, 0) is 9.47 Å². The molecule has 0 atom stereocenters. The van der Waals surface area contributed by atoms with E-state index in [-0.39, 0.29) is 17.2 Å². The number of fused-ring (bicyclic) bond motifs is 1. The molecule has 0 radical (unpaired) electrons. The van der Waals surface area contributed by atoms with Crippen LogP contribution in [0.4, 0.5) is 5.69 Å². The number of aromatic amines is 1. The molecular formula is C17H19N3O4. The summed E-state index contributed by atoms with van der Waals surface area (Å²) >= 11 is 0. The van der Waals surface area contributed by atoms with Crippen molar-refractivity contribution in [2.24, 2.45) is 0 Å². The number of hydrogen-bond acceptors (Lipinski definition) is 4. The Balaban J connectivity index is 2.26. The van der Waals surface area contributed by atoms with Crippen LogP contribution in [0.3, 0.4) is 0 Å². The van der Waals surface area contributed by atoms with E-state index < -0.39 is 11.9 Å². The molecule has 1 fully saturated rings. The lowest BCUT2D eigenvalue weighted by Crippen LogP contribution is -2.13. The van der Waals surface area contributed by atoms with Gasteiger partial charge in [-0.1, -0.05) is 19.3 Å². The maximum atomic E-state index is 12.2. The zero-order valence-electron chi connectivity index (χ0n) is 13.7. The third-order valence-corrected chi connectivity index (χ3v) is 4.64.